The van der Waals surface area contributed by atoms with E-state index < -0.39 is 30.0 Å². The van der Waals surface area contributed by atoms with Crippen molar-refractivity contribution in [1.82, 2.24) is 25.8 Å². The minimum atomic E-state index is -4.54. The number of nitrogens with zero attached hydrogens (tertiary/aromatic N) is 2. The molecule has 0 bridgehead atoms. The molecule has 2 aliphatic rings. The van der Waals surface area contributed by atoms with Crippen LogP contribution in [0.4, 0.5) is 17.6 Å². The highest BCUT2D eigenvalue weighted by atomic mass is 19.4. The monoisotopic (exact) mass is 547 g/mol. The second-order valence-electron chi connectivity index (χ2n) is 10.9. The van der Waals surface area contributed by atoms with E-state index in [4.69, 9.17) is 0 Å². The number of piperidine rings is 2. The van der Waals surface area contributed by atoms with E-state index in [0.717, 1.165) is 6.54 Å². The van der Waals surface area contributed by atoms with Gasteiger partial charge in [0.05, 0.1) is 0 Å². The minimum Gasteiger partial charge on any atom is -0.351 e. The summed E-state index contributed by atoms with van der Waals surface area (Å²) in [7, 11) is 3.42. The van der Waals surface area contributed by atoms with Gasteiger partial charge in [0, 0.05) is 56.8 Å². The van der Waals surface area contributed by atoms with Crippen LogP contribution in [0.3, 0.4) is 0 Å². The summed E-state index contributed by atoms with van der Waals surface area (Å²) in [6.45, 7) is 11.5. The molecule has 0 saturated carbocycles. The maximum atomic E-state index is 14.7. The number of halogens is 4. The number of likely N-dealkylation sites (tertiary alicyclic amines) is 1. The molecule has 38 heavy (non-hydrogen) atoms. The number of carbonyl (C=O) groups excluding carboxylic acids is 2. The third kappa shape index (κ3) is 8.51. The standard InChI is InChI=1S/C27H45F4N5O2/c1-8-21-22(17(3)33-24-11-13-35(6)15-23(24)28)14-20(34-25(21)16(2)27(29,30)31)10-9-12-32-26(38)18(4)36(7)19(5)37/h9-10,17-18,20-25,33-34H,2,8,11-15H2,1,3-7H3,(H,32,38)/b10-9+. The molecule has 2 fully saturated rings. The lowest BCUT2D eigenvalue weighted by Gasteiger charge is -2.47. The number of alkyl halides is 4. The summed E-state index contributed by atoms with van der Waals surface area (Å²) in [4.78, 5) is 27.1. The highest BCUT2D eigenvalue weighted by Gasteiger charge is 2.46. The summed E-state index contributed by atoms with van der Waals surface area (Å²) in [6, 6.07) is -2.54. The maximum absolute atomic E-state index is 14.7. The fraction of sp³-hybridized carbons (Fsp3) is 0.778. The van der Waals surface area contributed by atoms with Crippen LogP contribution < -0.4 is 16.0 Å². The van der Waals surface area contributed by atoms with E-state index in [1.807, 2.05) is 25.8 Å². The number of hydrogen-bond acceptors (Lipinski definition) is 5. The van der Waals surface area contributed by atoms with E-state index in [9.17, 15) is 27.2 Å². The van der Waals surface area contributed by atoms with E-state index in [1.165, 1.54) is 18.9 Å². The van der Waals surface area contributed by atoms with Gasteiger partial charge in [-0.3, -0.25) is 9.59 Å². The molecule has 0 spiro atoms. The highest BCUT2D eigenvalue weighted by molar-refractivity contribution is 5.86. The third-order valence-corrected chi connectivity index (χ3v) is 8.19. The van der Waals surface area contributed by atoms with E-state index in [0.29, 0.717) is 25.8 Å². The number of amides is 2. The molecular weight excluding hydrogens is 502 g/mol. The van der Waals surface area contributed by atoms with Gasteiger partial charge in [0.1, 0.15) is 12.2 Å². The van der Waals surface area contributed by atoms with Crippen molar-refractivity contribution < 1.29 is 27.2 Å². The molecule has 218 valence electrons. The zero-order chi connectivity index (χ0) is 28.8. The van der Waals surface area contributed by atoms with Crippen molar-refractivity contribution in [2.24, 2.45) is 11.8 Å². The van der Waals surface area contributed by atoms with Crippen LogP contribution in [0.2, 0.25) is 0 Å². The third-order valence-electron chi connectivity index (χ3n) is 8.19. The second kappa shape index (κ2) is 13.9. The minimum absolute atomic E-state index is 0.148. The molecule has 8 unspecified atom stereocenters. The van der Waals surface area contributed by atoms with Gasteiger partial charge in [-0.1, -0.05) is 32.1 Å². The van der Waals surface area contributed by atoms with Crippen molar-refractivity contribution in [2.45, 2.75) is 89.5 Å². The lowest BCUT2D eigenvalue weighted by Crippen LogP contribution is -2.59. The number of carbonyl (C=O) groups is 2. The van der Waals surface area contributed by atoms with Crippen LogP contribution in [-0.4, -0.2) is 97.9 Å². The van der Waals surface area contributed by atoms with Gasteiger partial charge in [-0.25, -0.2) is 4.39 Å². The Morgan fingerprint density at radius 2 is 1.95 bits per heavy atom. The number of nitrogens with one attached hydrogen (secondary N) is 3. The van der Waals surface area contributed by atoms with Gasteiger partial charge in [-0.15, -0.1) is 0 Å². The molecule has 2 aliphatic heterocycles. The van der Waals surface area contributed by atoms with Gasteiger partial charge < -0.3 is 25.8 Å². The summed E-state index contributed by atoms with van der Waals surface area (Å²) < 4.78 is 56.0. The first-order valence-electron chi connectivity index (χ1n) is 13.5. The Bertz CT molecular complexity index is 852. The van der Waals surface area contributed by atoms with E-state index in [1.54, 1.807) is 19.1 Å². The average Bonchev–Trinajstić information content (AvgIpc) is 2.85. The Balaban J connectivity index is 2.15. The topological polar surface area (TPSA) is 76.7 Å². The summed E-state index contributed by atoms with van der Waals surface area (Å²) in [5, 5.41) is 9.26. The molecule has 2 heterocycles. The first-order valence-corrected chi connectivity index (χ1v) is 13.5. The normalized spacial score (nSPS) is 30.6. The fourth-order valence-electron chi connectivity index (χ4n) is 5.61. The Hall–Kier alpha value is -1.98. The molecule has 0 aromatic rings. The number of likely N-dealkylation sites (N-methyl/N-ethyl adjacent to an activating group) is 1. The van der Waals surface area contributed by atoms with Gasteiger partial charge in [0.2, 0.25) is 11.8 Å². The van der Waals surface area contributed by atoms with Crippen molar-refractivity contribution in [3.8, 4) is 0 Å². The van der Waals surface area contributed by atoms with E-state index in [2.05, 4.69) is 22.5 Å². The zero-order valence-corrected chi connectivity index (χ0v) is 23.4. The summed E-state index contributed by atoms with van der Waals surface area (Å²) >= 11 is 0. The van der Waals surface area contributed by atoms with Gasteiger partial charge in [-0.2, -0.15) is 13.2 Å². The molecular formula is C27H45F4N5O2. The zero-order valence-electron chi connectivity index (χ0n) is 23.4. The second-order valence-corrected chi connectivity index (χ2v) is 10.9. The van der Waals surface area contributed by atoms with E-state index in [-0.39, 0.29) is 48.3 Å². The molecule has 2 rings (SSSR count). The van der Waals surface area contributed by atoms with Crippen molar-refractivity contribution in [1.29, 1.82) is 0 Å². The fourth-order valence-corrected chi connectivity index (χ4v) is 5.61. The van der Waals surface area contributed by atoms with Crippen LogP contribution in [0, 0.1) is 11.8 Å². The quantitative estimate of drug-likeness (QED) is 0.290. The van der Waals surface area contributed by atoms with Crippen LogP contribution in [0.25, 0.3) is 0 Å². The molecule has 0 aromatic carbocycles. The molecule has 0 radical (unpaired) electrons. The lowest BCUT2D eigenvalue weighted by atomic mass is 9.71. The molecule has 3 N–H and O–H groups in total. The summed E-state index contributed by atoms with van der Waals surface area (Å²) in [6.07, 6.45) is -0.376. The Morgan fingerprint density at radius 3 is 2.50 bits per heavy atom. The Labute approximate surface area is 224 Å². The summed E-state index contributed by atoms with van der Waals surface area (Å²) in [5.41, 5.74) is -0.809. The lowest BCUT2D eigenvalue weighted by molar-refractivity contribution is -0.136. The van der Waals surface area contributed by atoms with Crippen LogP contribution in [-0.2, 0) is 9.59 Å². The average molecular weight is 548 g/mol. The molecule has 2 amide bonds. The van der Waals surface area contributed by atoms with Crippen molar-refractivity contribution >= 4 is 11.8 Å². The SMILES string of the molecule is C=C(C1NC(/C=C/CNC(=O)C(C)N(C)C(C)=O)CC(C(C)NC2CCN(C)CC2F)C1CC)C(F)(F)F. The maximum Gasteiger partial charge on any atom is 0.413 e. The van der Waals surface area contributed by atoms with Gasteiger partial charge in [0.15, 0.2) is 0 Å². The smallest absolute Gasteiger partial charge is 0.351 e. The Kier molecular flexibility index (Phi) is 11.8. The van der Waals surface area contributed by atoms with Crippen molar-refractivity contribution in [2.75, 3.05) is 33.7 Å². The predicted octanol–water partition coefficient (Wildman–Crippen LogP) is 3.04. The Morgan fingerprint density at radius 1 is 1.29 bits per heavy atom. The van der Waals surface area contributed by atoms with Crippen LogP contribution in [0.15, 0.2) is 24.3 Å². The molecule has 7 nitrogen and oxygen atoms in total. The predicted molar refractivity (Wildman–Crippen MR) is 141 cm³/mol. The number of hydrogen-bond donors (Lipinski definition) is 3. The first-order chi connectivity index (χ1) is 17.7. The van der Waals surface area contributed by atoms with Crippen LogP contribution >= 0.6 is 0 Å². The van der Waals surface area contributed by atoms with Crippen molar-refractivity contribution in [3.63, 3.8) is 0 Å². The molecule has 11 heteroatoms. The molecule has 8 atom stereocenters. The molecule has 0 aliphatic carbocycles. The van der Waals surface area contributed by atoms with Crippen molar-refractivity contribution in [3.05, 3.63) is 24.3 Å². The van der Waals surface area contributed by atoms with Gasteiger partial charge in [0.25, 0.3) is 0 Å². The first kappa shape index (κ1) is 32.2. The molecule has 0 aromatic heterocycles. The van der Waals surface area contributed by atoms with E-state index >= 15 is 0 Å². The van der Waals surface area contributed by atoms with Crippen LogP contribution in [0.5, 0.6) is 0 Å². The highest BCUT2D eigenvalue weighted by Crippen LogP contribution is 2.39. The van der Waals surface area contributed by atoms with Crippen LogP contribution in [0.1, 0.15) is 47.0 Å². The largest absolute Gasteiger partial charge is 0.413 e. The van der Waals surface area contributed by atoms with Gasteiger partial charge >= 0.3 is 6.18 Å². The summed E-state index contributed by atoms with van der Waals surface area (Å²) in [5.74, 6) is -1.04. The van der Waals surface area contributed by atoms with Gasteiger partial charge in [-0.05, 0) is 52.1 Å². The number of rotatable bonds is 10. The molecule has 2 saturated heterocycles.